The van der Waals surface area contributed by atoms with Crippen LogP contribution in [0.3, 0.4) is 0 Å². The van der Waals surface area contributed by atoms with Gasteiger partial charge in [0.1, 0.15) is 4.32 Å². The predicted octanol–water partition coefficient (Wildman–Crippen LogP) is 5.23. The molecule has 0 aliphatic carbocycles. The van der Waals surface area contributed by atoms with Crippen molar-refractivity contribution in [1.82, 2.24) is 4.90 Å². The number of fused-ring (bicyclic) bond motifs is 1. The van der Waals surface area contributed by atoms with Crippen LogP contribution in [-0.2, 0) is 9.59 Å². The normalized spacial score (nSPS) is 20.3. The molecule has 1 fully saturated rings. The number of hydrogen-bond acceptors (Lipinski definition) is 4. The van der Waals surface area contributed by atoms with Gasteiger partial charge in [0, 0.05) is 18.7 Å². The lowest BCUT2D eigenvalue weighted by molar-refractivity contribution is -0.123. The SMILES string of the molecule is CCCC[C@H](CC)CN1C(=O)/C(=C2\C(=O)N(CCC)c3ccccc32)SC1=S. The van der Waals surface area contributed by atoms with Gasteiger partial charge in [-0.25, -0.2) is 0 Å². The standard InChI is InChI=1S/C22H28N2O2S2/c1-4-7-10-15(6-3)14-24-21(26)19(28-22(24)27)18-16-11-8-9-12-17(16)23(13-5-2)20(18)25/h8-9,11-12,15H,4-7,10,13-14H2,1-3H3/b19-18+/t15-/m0/s1. The van der Waals surface area contributed by atoms with Gasteiger partial charge >= 0.3 is 0 Å². The van der Waals surface area contributed by atoms with Crippen LogP contribution in [0.4, 0.5) is 5.69 Å². The number of thioether (sulfide) groups is 1. The number of carbonyl (C=O) groups excluding carboxylic acids is 2. The van der Waals surface area contributed by atoms with Crippen LogP contribution in [0.5, 0.6) is 0 Å². The quantitative estimate of drug-likeness (QED) is 0.430. The Morgan fingerprint density at radius 1 is 1.04 bits per heavy atom. The molecule has 2 aliphatic rings. The van der Waals surface area contributed by atoms with Crippen molar-refractivity contribution in [3.63, 3.8) is 0 Å². The third-order valence-electron chi connectivity index (χ3n) is 5.43. The predicted molar refractivity (Wildman–Crippen MR) is 121 cm³/mol. The number of rotatable bonds is 8. The first-order chi connectivity index (χ1) is 13.5. The van der Waals surface area contributed by atoms with E-state index in [1.807, 2.05) is 24.3 Å². The molecule has 1 atom stereocenters. The van der Waals surface area contributed by atoms with Crippen LogP contribution in [0.2, 0.25) is 0 Å². The lowest BCUT2D eigenvalue weighted by Crippen LogP contribution is -2.33. The van der Waals surface area contributed by atoms with Gasteiger partial charge in [0.15, 0.2) is 0 Å². The van der Waals surface area contributed by atoms with E-state index in [2.05, 4.69) is 20.8 Å². The third kappa shape index (κ3) is 3.90. The molecule has 2 aliphatic heterocycles. The average Bonchev–Trinajstić information content (AvgIpc) is 3.13. The summed E-state index contributed by atoms with van der Waals surface area (Å²) in [5, 5.41) is 0. The van der Waals surface area contributed by atoms with Crippen molar-refractivity contribution in [2.75, 3.05) is 18.0 Å². The molecule has 0 spiro atoms. The molecule has 0 unspecified atom stereocenters. The maximum atomic E-state index is 13.2. The van der Waals surface area contributed by atoms with E-state index in [9.17, 15) is 9.59 Å². The summed E-state index contributed by atoms with van der Waals surface area (Å²) in [7, 11) is 0. The molecular weight excluding hydrogens is 388 g/mol. The molecule has 1 aromatic carbocycles. The van der Waals surface area contributed by atoms with Crippen molar-refractivity contribution < 1.29 is 9.59 Å². The highest BCUT2D eigenvalue weighted by Gasteiger charge is 2.42. The highest BCUT2D eigenvalue weighted by atomic mass is 32.2. The first kappa shape index (κ1) is 21.1. The second-order valence-corrected chi connectivity index (χ2v) is 9.02. The Morgan fingerprint density at radius 3 is 2.46 bits per heavy atom. The van der Waals surface area contributed by atoms with E-state index >= 15 is 0 Å². The zero-order valence-electron chi connectivity index (χ0n) is 16.9. The molecule has 0 N–H and O–H groups in total. The summed E-state index contributed by atoms with van der Waals surface area (Å²) in [6, 6.07) is 7.73. The maximum absolute atomic E-state index is 13.2. The molecule has 1 aromatic rings. The van der Waals surface area contributed by atoms with Crippen molar-refractivity contribution in [2.45, 2.75) is 52.9 Å². The minimum atomic E-state index is -0.110. The Labute approximate surface area is 177 Å². The monoisotopic (exact) mass is 416 g/mol. The summed E-state index contributed by atoms with van der Waals surface area (Å²) in [6.07, 6.45) is 5.30. The van der Waals surface area contributed by atoms with Gasteiger partial charge in [0.2, 0.25) is 0 Å². The number of benzene rings is 1. The molecule has 3 rings (SSSR count). The van der Waals surface area contributed by atoms with Gasteiger partial charge in [-0.05, 0) is 24.8 Å². The Bertz CT molecular complexity index is 819. The molecule has 6 heteroatoms. The highest BCUT2D eigenvalue weighted by Crippen LogP contribution is 2.44. The van der Waals surface area contributed by atoms with E-state index in [-0.39, 0.29) is 11.8 Å². The second-order valence-electron chi connectivity index (χ2n) is 7.38. The summed E-state index contributed by atoms with van der Waals surface area (Å²) in [4.78, 5) is 30.4. The molecule has 2 amide bonds. The maximum Gasteiger partial charge on any atom is 0.267 e. The molecule has 0 saturated carbocycles. The van der Waals surface area contributed by atoms with Gasteiger partial charge in [-0.1, -0.05) is 82.2 Å². The highest BCUT2D eigenvalue weighted by molar-refractivity contribution is 8.26. The molecule has 0 aromatic heterocycles. The average molecular weight is 417 g/mol. The topological polar surface area (TPSA) is 40.6 Å². The van der Waals surface area contributed by atoms with E-state index in [1.54, 1.807) is 9.80 Å². The number of thiocarbonyl (C=S) groups is 1. The molecule has 4 nitrogen and oxygen atoms in total. The van der Waals surface area contributed by atoms with Crippen molar-refractivity contribution in [1.29, 1.82) is 0 Å². The number of unbranched alkanes of at least 4 members (excludes halogenated alkanes) is 1. The van der Waals surface area contributed by atoms with Gasteiger partial charge in [0.05, 0.1) is 16.2 Å². The number of para-hydroxylation sites is 1. The van der Waals surface area contributed by atoms with Crippen LogP contribution in [0.25, 0.3) is 5.57 Å². The van der Waals surface area contributed by atoms with Crippen LogP contribution < -0.4 is 4.90 Å². The Kier molecular flexibility index (Phi) is 6.94. The lowest BCUT2D eigenvalue weighted by Gasteiger charge is -2.21. The molecule has 0 radical (unpaired) electrons. The second kappa shape index (κ2) is 9.23. The first-order valence-electron chi connectivity index (χ1n) is 10.2. The van der Waals surface area contributed by atoms with E-state index in [1.165, 1.54) is 11.8 Å². The fourth-order valence-corrected chi connectivity index (χ4v) is 5.17. The zero-order chi connectivity index (χ0) is 20.3. The fraction of sp³-hybridized carbons (Fsp3) is 0.500. The number of nitrogens with zero attached hydrogens (tertiary/aromatic N) is 2. The van der Waals surface area contributed by atoms with Crippen molar-refractivity contribution >= 4 is 51.4 Å². The number of carbonyl (C=O) groups is 2. The third-order valence-corrected chi connectivity index (χ3v) is 6.88. The molecule has 28 heavy (non-hydrogen) atoms. The smallest absolute Gasteiger partial charge is 0.267 e. The van der Waals surface area contributed by atoms with Gasteiger partial charge in [-0.3, -0.25) is 14.5 Å². The molecule has 150 valence electrons. The van der Waals surface area contributed by atoms with Crippen molar-refractivity contribution in [3.05, 3.63) is 34.7 Å². The molecular formula is C22H28N2O2S2. The summed E-state index contributed by atoms with van der Waals surface area (Å²) in [5.74, 6) is 0.248. The van der Waals surface area contributed by atoms with E-state index in [4.69, 9.17) is 12.2 Å². The fourth-order valence-electron chi connectivity index (χ4n) is 3.83. The first-order valence-corrected chi connectivity index (χ1v) is 11.4. The van der Waals surface area contributed by atoms with Gasteiger partial charge in [-0.2, -0.15) is 0 Å². The van der Waals surface area contributed by atoms with Crippen molar-refractivity contribution in [2.24, 2.45) is 5.92 Å². The van der Waals surface area contributed by atoms with Crippen LogP contribution in [0.15, 0.2) is 29.2 Å². The van der Waals surface area contributed by atoms with Crippen LogP contribution in [0.1, 0.15) is 58.4 Å². The van der Waals surface area contributed by atoms with Gasteiger partial charge in [0.25, 0.3) is 11.8 Å². The number of hydrogen-bond donors (Lipinski definition) is 0. The van der Waals surface area contributed by atoms with E-state index in [0.717, 1.165) is 43.4 Å². The summed E-state index contributed by atoms with van der Waals surface area (Å²) in [5.41, 5.74) is 2.26. The summed E-state index contributed by atoms with van der Waals surface area (Å²) >= 11 is 6.82. The summed E-state index contributed by atoms with van der Waals surface area (Å²) < 4.78 is 0.571. The number of amides is 2. The van der Waals surface area contributed by atoms with Crippen molar-refractivity contribution in [3.8, 4) is 0 Å². The summed E-state index contributed by atoms with van der Waals surface area (Å²) in [6.45, 7) is 7.69. The Hall–Kier alpha value is -1.66. The van der Waals surface area contributed by atoms with Gasteiger partial charge in [-0.15, -0.1) is 0 Å². The minimum absolute atomic E-state index is 0.0819. The molecule has 1 saturated heterocycles. The van der Waals surface area contributed by atoms with Crippen LogP contribution in [-0.4, -0.2) is 34.1 Å². The Balaban J connectivity index is 1.93. The van der Waals surface area contributed by atoms with Gasteiger partial charge < -0.3 is 4.90 Å². The molecule has 0 bridgehead atoms. The van der Waals surface area contributed by atoms with E-state index < -0.39 is 0 Å². The lowest BCUT2D eigenvalue weighted by atomic mass is 9.98. The zero-order valence-corrected chi connectivity index (χ0v) is 18.5. The van der Waals surface area contributed by atoms with Crippen LogP contribution in [0, 0.1) is 5.92 Å². The number of anilines is 1. The molecule has 2 heterocycles. The Morgan fingerprint density at radius 2 is 1.79 bits per heavy atom. The van der Waals surface area contributed by atoms with E-state index in [0.29, 0.717) is 33.8 Å². The minimum Gasteiger partial charge on any atom is -0.308 e. The largest absolute Gasteiger partial charge is 0.308 e. The van der Waals surface area contributed by atoms with Crippen LogP contribution >= 0.6 is 24.0 Å².